The lowest BCUT2D eigenvalue weighted by Gasteiger charge is -2.40. The van der Waals surface area contributed by atoms with Crippen molar-refractivity contribution in [1.29, 1.82) is 0 Å². The molecular weight excluding hydrogens is 476 g/mol. The molecule has 11 heteroatoms. The molecule has 6 atom stereocenters. The first-order valence-electron chi connectivity index (χ1n) is 11.4. The van der Waals surface area contributed by atoms with Gasteiger partial charge < -0.3 is 48.8 Å². The van der Waals surface area contributed by atoms with Crippen LogP contribution in [0, 0.1) is 0 Å². The van der Waals surface area contributed by atoms with Crippen LogP contribution in [0.15, 0.2) is 30.3 Å². The van der Waals surface area contributed by atoms with Crippen LogP contribution in [0.1, 0.15) is 24.0 Å². The highest BCUT2D eigenvalue weighted by Crippen LogP contribution is 2.44. The van der Waals surface area contributed by atoms with Gasteiger partial charge in [-0.05, 0) is 24.1 Å². The molecule has 2 aromatic rings. The van der Waals surface area contributed by atoms with Gasteiger partial charge in [-0.15, -0.1) is 0 Å². The van der Waals surface area contributed by atoms with Crippen LogP contribution < -0.4 is 18.9 Å². The van der Waals surface area contributed by atoms with E-state index in [9.17, 15) is 25.2 Å². The van der Waals surface area contributed by atoms with E-state index in [4.69, 9.17) is 28.4 Å². The fourth-order valence-corrected chi connectivity index (χ4v) is 4.37. The van der Waals surface area contributed by atoms with Crippen LogP contribution in [0.25, 0.3) is 0 Å². The second-order valence-corrected chi connectivity index (χ2v) is 8.66. The number of phenols is 1. The number of phenolic OH excluding ortho intramolecular Hbond substituents is 1. The highest BCUT2D eigenvalue weighted by Gasteiger charge is 2.45. The minimum absolute atomic E-state index is 0.00124. The smallest absolute Gasteiger partial charge is 0.302 e. The second kappa shape index (κ2) is 10.8. The minimum Gasteiger partial charge on any atom is -0.504 e. The normalized spacial score (nSPS) is 27.4. The zero-order valence-corrected chi connectivity index (χ0v) is 20.1. The van der Waals surface area contributed by atoms with Crippen molar-refractivity contribution in [3.8, 4) is 28.7 Å². The Morgan fingerprint density at radius 2 is 1.83 bits per heavy atom. The largest absolute Gasteiger partial charge is 0.504 e. The zero-order chi connectivity index (χ0) is 26.0. The first kappa shape index (κ1) is 25.8. The molecule has 2 aromatic carbocycles. The number of hydrogen-bond acceptors (Lipinski definition) is 11. The predicted octanol–water partition coefficient (Wildman–Crippen LogP) is 0.878. The van der Waals surface area contributed by atoms with E-state index in [0.29, 0.717) is 29.2 Å². The highest BCUT2D eigenvalue weighted by atomic mass is 16.7. The van der Waals surface area contributed by atoms with Gasteiger partial charge in [-0.25, -0.2) is 0 Å². The van der Waals surface area contributed by atoms with Gasteiger partial charge >= 0.3 is 5.97 Å². The van der Waals surface area contributed by atoms with Crippen LogP contribution in [0.3, 0.4) is 0 Å². The number of hydrogen-bond donors (Lipinski definition) is 4. The summed E-state index contributed by atoms with van der Waals surface area (Å²) in [4.78, 5) is 11.1. The van der Waals surface area contributed by atoms with Crippen LogP contribution >= 0.6 is 0 Å². The van der Waals surface area contributed by atoms with Crippen LogP contribution in [0.2, 0.25) is 0 Å². The van der Waals surface area contributed by atoms with Gasteiger partial charge in [0, 0.05) is 24.5 Å². The van der Waals surface area contributed by atoms with Gasteiger partial charge in [-0.1, -0.05) is 12.1 Å². The zero-order valence-electron chi connectivity index (χ0n) is 20.1. The summed E-state index contributed by atoms with van der Waals surface area (Å²) in [5, 5.41) is 41.3. The summed E-state index contributed by atoms with van der Waals surface area (Å²) < 4.78 is 32.6. The van der Waals surface area contributed by atoms with Crippen LogP contribution in [0.4, 0.5) is 0 Å². The van der Waals surface area contributed by atoms with Crippen molar-refractivity contribution in [2.24, 2.45) is 0 Å². The molecular formula is C25H30O11. The summed E-state index contributed by atoms with van der Waals surface area (Å²) in [7, 11) is 2.96. The molecule has 0 unspecified atom stereocenters. The van der Waals surface area contributed by atoms with Crippen molar-refractivity contribution >= 4 is 5.97 Å². The van der Waals surface area contributed by atoms with Crippen LogP contribution in [0.5, 0.6) is 28.7 Å². The first-order valence-corrected chi connectivity index (χ1v) is 11.4. The molecule has 2 heterocycles. The van der Waals surface area contributed by atoms with Gasteiger partial charge in [0.2, 0.25) is 12.0 Å². The lowest BCUT2D eigenvalue weighted by Crippen LogP contribution is -2.60. The molecule has 0 spiro atoms. The average Bonchev–Trinajstić information content (AvgIpc) is 2.87. The fraction of sp³-hybridized carbons (Fsp3) is 0.480. The topological polar surface area (TPSA) is 153 Å². The molecule has 0 aliphatic carbocycles. The van der Waals surface area contributed by atoms with Gasteiger partial charge in [0.15, 0.2) is 11.5 Å². The number of benzene rings is 2. The molecule has 0 saturated carbocycles. The Bertz CT molecular complexity index is 1090. The van der Waals surface area contributed by atoms with Gasteiger partial charge in [-0.3, -0.25) is 4.79 Å². The summed E-state index contributed by atoms with van der Waals surface area (Å²) in [6.45, 7) is 1.19. The van der Waals surface area contributed by atoms with E-state index in [1.807, 2.05) is 0 Å². The molecule has 4 rings (SSSR count). The maximum absolute atomic E-state index is 11.1. The maximum atomic E-state index is 11.1. The number of fused-ring (bicyclic) bond motifs is 1. The Balaban J connectivity index is 1.47. The Kier molecular flexibility index (Phi) is 7.74. The predicted molar refractivity (Wildman–Crippen MR) is 124 cm³/mol. The van der Waals surface area contributed by atoms with E-state index >= 15 is 0 Å². The van der Waals surface area contributed by atoms with Crippen LogP contribution in [-0.2, 0) is 20.7 Å². The number of rotatable bonds is 7. The highest BCUT2D eigenvalue weighted by molar-refractivity contribution is 5.65. The maximum Gasteiger partial charge on any atom is 0.302 e. The number of esters is 1. The molecule has 2 aliphatic rings. The number of carbonyl (C=O) groups is 1. The van der Waals surface area contributed by atoms with E-state index < -0.39 is 36.7 Å². The van der Waals surface area contributed by atoms with E-state index in [1.54, 1.807) is 30.3 Å². The summed E-state index contributed by atoms with van der Waals surface area (Å²) in [5.74, 6) is 0.849. The third kappa shape index (κ3) is 5.14. The lowest BCUT2D eigenvalue weighted by molar-refractivity contribution is -0.278. The molecule has 0 aromatic heterocycles. The molecule has 36 heavy (non-hydrogen) atoms. The summed E-state index contributed by atoms with van der Waals surface area (Å²) >= 11 is 0. The average molecular weight is 507 g/mol. The quantitative estimate of drug-likeness (QED) is 0.396. The van der Waals surface area contributed by atoms with Gasteiger partial charge in [0.1, 0.15) is 42.5 Å². The van der Waals surface area contributed by atoms with Crippen molar-refractivity contribution < 1.29 is 53.6 Å². The Morgan fingerprint density at radius 3 is 2.53 bits per heavy atom. The number of aromatic hydroxyl groups is 1. The molecule has 11 nitrogen and oxygen atoms in total. The van der Waals surface area contributed by atoms with Crippen molar-refractivity contribution in [1.82, 2.24) is 0 Å². The third-order valence-corrected chi connectivity index (χ3v) is 6.31. The molecule has 196 valence electrons. The number of methoxy groups -OCH3 is 2. The summed E-state index contributed by atoms with van der Waals surface area (Å²) in [6.07, 6.45) is -6.38. The Hall–Kier alpha value is -3.25. The van der Waals surface area contributed by atoms with Crippen LogP contribution in [-0.4, -0.2) is 84.5 Å². The molecule has 4 N–H and O–H groups in total. The molecule has 1 saturated heterocycles. The lowest BCUT2D eigenvalue weighted by atomic mass is 9.89. The van der Waals surface area contributed by atoms with Crippen molar-refractivity contribution in [3.63, 3.8) is 0 Å². The van der Waals surface area contributed by atoms with Crippen molar-refractivity contribution in [3.05, 3.63) is 41.5 Å². The molecule has 0 radical (unpaired) electrons. The molecule has 0 amide bonds. The van der Waals surface area contributed by atoms with E-state index in [-0.39, 0.29) is 30.6 Å². The standard InChI is InChI=1S/C25H30O11/c1-12(26)33-11-19-21(28)22(29)23(30)25(36-19)35-15-5-4-13-8-14(10-34-18(13)9-15)16-6-7-17(31-2)24(32-3)20(16)27/h4-7,9,14,19,21-23,25,27-30H,8,10-11H2,1-3H3/t14-,19+,21+,22-,23+,25+/m0/s1. The number of aliphatic hydroxyl groups excluding tert-OH is 3. The minimum atomic E-state index is -1.56. The third-order valence-electron chi connectivity index (χ3n) is 6.31. The molecule has 0 bridgehead atoms. The SMILES string of the molecule is COc1ccc([C@@H]2COc3cc(O[C@@H]4O[C@H](COC(C)=O)[C@@H](O)[C@H](O)[C@H]4O)ccc3C2)c(O)c1OC. The van der Waals surface area contributed by atoms with E-state index in [0.717, 1.165) is 5.56 Å². The number of ether oxygens (including phenoxy) is 6. The van der Waals surface area contributed by atoms with Gasteiger partial charge in [0.25, 0.3) is 0 Å². The fourth-order valence-electron chi connectivity index (χ4n) is 4.37. The monoisotopic (exact) mass is 506 g/mol. The van der Waals surface area contributed by atoms with Crippen molar-refractivity contribution in [2.45, 2.75) is 50.0 Å². The Labute approximate surface area is 207 Å². The van der Waals surface area contributed by atoms with Crippen molar-refractivity contribution in [2.75, 3.05) is 27.4 Å². The van der Waals surface area contributed by atoms with Gasteiger partial charge in [0.05, 0.1) is 20.8 Å². The first-order chi connectivity index (χ1) is 17.2. The van der Waals surface area contributed by atoms with Gasteiger partial charge in [-0.2, -0.15) is 0 Å². The molecule has 2 aliphatic heterocycles. The Morgan fingerprint density at radius 1 is 1.06 bits per heavy atom. The molecule has 1 fully saturated rings. The van der Waals surface area contributed by atoms with E-state index in [1.165, 1.54) is 21.1 Å². The number of aliphatic hydroxyl groups is 3. The summed E-state index contributed by atoms with van der Waals surface area (Å²) in [6, 6.07) is 8.60. The number of carbonyl (C=O) groups excluding carboxylic acids is 1. The van der Waals surface area contributed by atoms with E-state index in [2.05, 4.69) is 0 Å². The summed E-state index contributed by atoms with van der Waals surface area (Å²) in [5.41, 5.74) is 1.55. The second-order valence-electron chi connectivity index (χ2n) is 8.66.